The molecule has 0 aromatic heterocycles. The summed E-state index contributed by atoms with van der Waals surface area (Å²) in [5.74, 6) is -0.878. The molecule has 1 aromatic rings. The Labute approximate surface area is 104 Å². The van der Waals surface area contributed by atoms with Gasteiger partial charge >= 0.3 is 0 Å². The van der Waals surface area contributed by atoms with E-state index in [1.165, 1.54) is 30.5 Å². The number of halogens is 1. The van der Waals surface area contributed by atoms with Gasteiger partial charge in [-0.3, -0.25) is 4.79 Å². The van der Waals surface area contributed by atoms with E-state index in [9.17, 15) is 9.18 Å². The second-order valence-electron chi connectivity index (χ2n) is 4.07. The predicted octanol–water partition coefficient (Wildman–Crippen LogP) is 1.92. The van der Waals surface area contributed by atoms with Gasteiger partial charge in [0.25, 0.3) is 5.91 Å². The van der Waals surface area contributed by atoms with Crippen LogP contribution in [-0.2, 0) is 4.79 Å². The van der Waals surface area contributed by atoms with Gasteiger partial charge in [-0.25, -0.2) is 4.39 Å². The first-order valence-electron chi connectivity index (χ1n) is 5.62. The summed E-state index contributed by atoms with van der Waals surface area (Å²) < 4.78 is 12.7. The Hall–Kier alpha value is -2.35. The third-order valence-electron chi connectivity index (χ3n) is 2.51. The Kier molecular flexibility index (Phi) is 3.58. The van der Waals surface area contributed by atoms with Crippen molar-refractivity contribution in [2.45, 2.75) is 18.9 Å². The molecule has 0 spiro atoms. The molecular formula is C13H12FN3O. The van der Waals surface area contributed by atoms with Crippen LogP contribution in [0.25, 0.3) is 0 Å². The quantitative estimate of drug-likeness (QED) is 0.629. The highest BCUT2D eigenvalue weighted by atomic mass is 19.1. The minimum atomic E-state index is -0.503. The normalized spacial score (nSPS) is 14.8. The third-order valence-corrected chi connectivity index (χ3v) is 2.51. The van der Waals surface area contributed by atoms with Crippen LogP contribution in [0.5, 0.6) is 0 Å². The van der Waals surface area contributed by atoms with Gasteiger partial charge in [-0.15, -0.1) is 0 Å². The van der Waals surface area contributed by atoms with Gasteiger partial charge in [0.2, 0.25) is 0 Å². The van der Waals surface area contributed by atoms with Crippen LogP contribution in [0.4, 0.5) is 10.1 Å². The van der Waals surface area contributed by atoms with Gasteiger partial charge in [0.1, 0.15) is 17.5 Å². The number of hydrogen-bond acceptors (Lipinski definition) is 3. The van der Waals surface area contributed by atoms with Gasteiger partial charge in [0.15, 0.2) is 0 Å². The van der Waals surface area contributed by atoms with E-state index in [1.807, 2.05) is 6.07 Å². The molecule has 1 amide bonds. The molecule has 2 rings (SSSR count). The topological polar surface area (TPSA) is 64.9 Å². The monoisotopic (exact) mass is 245 g/mol. The number of rotatable bonds is 4. The summed E-state index contributed by atoms with van der Waals surface area (Å²) in [5, 5.41) is 14.4. The molecule has 0 heterocycles. The van der Waals surface area contributed by atoms with E-state index in [-0.39, 0.29) is 11.4 Å². The van der Waals surface area contributed by atoms with Crippen molar-refractivity contribution in [3.05, 3.63) is 41.9 Å². The van der Waals surface area contributed by atoms with Crippen molar-refractivity contribution in [2.75, 3.05) is 5.32 Å². The number of carbonyl (C=O) groups excluding carboxylic acids is 1. The lowest BCUT2D eigenvalue weighted by Gasteiger charge is -2.04. The zero-order chi connectivity index (χ0) is 13.0. The molecular weight excluding hydrogens is 233 g/mol. The summed E-state index contributed by atoms with van der Waals surface area (Å²) in [6.07, 6.45) is 3.56. The Balaban J connectivity index is 1.98. The molecule has 5 heteroatoms. The number of nitrogens with zero attached hydrogens (tertiary/aromatic N) is 1. The smallest absolute Gasteiger partial charge is 0.267 e. The molecule has 0 saturated heterocycles. The summed E-state index contributed by atoms with van der Waals surface area (Å²) in [5.41, 5.74) is 0.459. The van der Waals surface area contributed by atoms with Gasteiger partial charge in [-0.2, -0.15) is 5.26 Å². The van der Waals surface area contributed by atoms with Crippen LogP contribution >= 0.6 is 0 Å². The molecule has 0 radical (unpaired) electrons. The largest absolute Gasteiger partial charge is 0.387 e. The van der Waals surface area contributed by atoms with E-state index >= 15 is 0 Å². The standard InChI is InChI=1S/C13H12FN3O/c14-10-1-3-12(4-2-10)17-13(18)9(7-15)8-16-11-5-6-11/h1-4,8,11,16H,5-6H2,(H,17,18)/b9-8-. The zero-order valence-electron chi connectivity index (χ0n) is 9.61. The molecule has 1 aliphatic rings. The van der Waals surface area contributed by atoms with Crippen molar-refractivity contribution in [3.63, 3.8) is 0 Å². The van der Waals surface area contributed by atoms with Crippen LogP contribution in [0.15, 0.2) is 36.0 Å². The van der Waals surface area contributed by atoms with Crippen molar-refractivity contribution in [3.8, 4) is 6.07 Å². The van der Waals surface area contributed by atoms with Crippen molar-refractivity contribution >= 4 is 11.6 Å². The molecule has 0 atom stereocenters. The summed E-state index contributed by atoms with van der Waals surface area (Å²) in [7, 11) is 0. The molecule has 92 valence electrons. The number of anilines is 1. The molecule has 0 bridgehead atoms. The van der Waals surface area contributed by atoms with Crippen LogP contribution in [-0.4, -0.2) is 11.9 Å². The van der Waals surface area contributed by atoms with Crippen LogP contribution < -0.4 is 10.6 Å². The van der Waals surface area contributed by atoms with Crippen LogP contribution in [0, 0.1) is 17.1 Å². The average molecular weight is 245 g/mol. The van der Waals surface area contributed by atoms with Gasteiger partial charge in [0, 0.05) is 17.9 Å². The van der Waals surface area contributed by atoms with Gasteiger partial charge in [0.05, 0.1) is 0 Å². The second-order valence-corrected chi connectivity index (χ2v) is 4.07. The van der Waals surface area contributed by atoms with Crippen LogP contribution in [0.3, 0.4) is 0 Å². The molecule has 1 aliphatic carbocycles. The number of hydrogen-bond donors (Lipinski definition) is 2. The first-order chi connectivity index (χ1) is 8.69. The Morgan fingerprint density at radius 2 is 2.06 bits per heavy atom. The lowest BCUT2D eigenvalue weighted by molar-refractivity contribution is -0.112. The summed E-state index contributed by atoms with van der Waals surface area (Å²) >= 11 is 0. The highest BCUT2D eigenvalue weighted by Gasteiger charge is 2.20. The van der Waals surface area contributed by atoms with Gasteiger partial charge < -0.3 is 10.6 Å². The van der Waals surface area contributed by atoms with Gasteiger partial charge in [-0.05, 0) is 37.1 Å². The number of amides is 1. The minimum absolute atomic E-state index is 0.00576. The average Bonchev–Trinajstić information content (AvgIpc) is 3.17. The Bertz CT molecular complexity index is 512. The van der Waals surface area contributed by atoms with E-state index in [0.29, 0.717) is 11.7 Å². The van der Waals surface area contributed by atoms with E-state index in [0.717, 1.165) is 12.8 Å². The molecule has 18 heavy (non-hydrogen) atoms. The van der Waals surface area contributed by atoms with E-state index in [4.69, 9.17) is 5.26 Å². The maximum atomic E-state index is 12.7. The molecule has 1 aromatic carbocycles. The fourth-order valence-electron chi connectivity index (χ4n) is 1.33. The maximum Gasteiger partial charge on any atom is 0.267 e. The molecule has 1 saturated carbocycles. The van der Waals surface area contributed by atoms with Gasteiger partial charge in [-0.1, -0.05) is 0 Å². The number of carbonyl (C=O) groups is 1. The fourth-order valence-corrected chi connectivity index (χ4v) is 1.33. The molecule has 0 aliphatic heterocycles. The van der Waals surface area contributed by atoms with E-state index < -0.39 is 5.91 Å². The molecule has 0 unspecified atom stereocenters. The lowest BCUT2D eigenvalue weighted by Crippen LogP contribution is -2.17. The maximum absolute atomic E-state index is 12.7. The lowest BCUT2D eigenvalue weighted by atomic mass is 10.2. The van der Waals surface area contributed by atoms with Crippen molar-refractivity contribution in [2.24, 2.45) is 0 Å². The van der Waals surface area contributed by atoms with Crippen molar-refractivity contribution in [1.82, 2.24) is 5.32 Å². The predicted molar refractivity (Wildman–Crippen MR) is 64.9 cm³/mol. The highest BCUT2D eigenvalue weighted by Crippen LogP contribution is 2.18. The fraction of sp³-hybridized carbons (Fsp3) is 0.231. The molecule has 2 N–H and O–H groups in total. The number of benzene rings is 1. The number of nitriles is 1. The van der Waals surface area contributed by atoms with Crippen LogP contribution in [0.1, 0.15) is 12.8 Å². The van der Waals surface area contributed by atoms with E-state index in [1.54, 1.807) is 0 Å². The first-order valence-corrected chi connectivity index (χ1v) is 5.62. The van der Waals surface area contributed by atoms with Crippen molar-refractivity contribution < 1.29 is 9.18 Å². The zero-order valence-corrected chi connectivity index (χ0v) is 9.61. The number of nitrogens with one attached hydrogen (secondary N) is 2. The Morgan fingerprint density at radius 1 is 1.39 bits per heavy atom. The summed E-state index contributed by atoms with van der Waals surface area (Å²) in [4.78, 5) is 11.7. The summed E-state index contributed by atoms with van der Waals surface area (Å²) in [6.45, 7) is 0. The molecule has 4 nitrogen and oxygen atoms in total. The minimum Gasteiger partial charge on any atom is -0.387 e. The van der Waals surface area contributed by atoms with Crippen LogP contribution in [0.2, 0.25) is 0 Å². The first kappa shape index (κ1) is 12.1. The Morgan fingerprint density at radius 3 is 2.61 bits per heavy atom. The second kappa shape index (κ2) is 5.32. The SMILES string of the molecule is N#C/C(=C/NC1CC1)C(=O)Nc1ccc(F)cc1. The van der Waals surface area contributed by atoms with Crippen molar-refractivity contribution in [1.29, 1.82) is 5.26 Å². The van der Waals surface area contributed by atoms with E-state index in [2.05, 4.69) is 10.6 Å². The third kappa shape index (κ3) is 3.32. The highest BCUT2D eigenvalue weighted by molar-refractivity contribution is 6.06. The summed E-state index contributed by atoms with van der Waals surface area (Å²) in [6, 6.07) is 7.58. The molecule has 1 fully saturated rings.